The van der Waals surface area contributed by atoms with Crippen LogP contribution in [0.3, 0.4) is 0 Å². The summed E-state index contributed by atoms with van der Waals surface area (Å²) in [6.45, 7) is 8.17. The van der Waals surface area contributed by atoms with Gasteiger partial charge in [-0.3, -0.25) is 4.79 Å². The second-order valence-electron chi connectivity index (χ2n) is 8.69. The molecule has 0 unspecified atom stereocenters. The van der Waals surface area contributed by atoms with E-state index in [4.69, 9.17) is 0 Å². The number of unbranched alkanes of at least 4 members (excludes halogenated alkanes) is 1. The van der Waals surface area contributed by atoms with Crippen LogP contribution >= 0.6 is 0 Å². The highest BCUT2D eigenvalue weighted by atomic mass is 16.4. The number of rotatable bonds is 8. The molecule has 6 heteroatoms. The maximum atomic E-state index is 12.5. The zero-order chi connectivity index (χ0) is 22.6. The van der Waals surface area contributed by atoms with E-state index >= 15 is 0 Å². The lowest BCUT2D eigenvalue weighted by molar-refractivity contribution is 0.0697. The predicted molar refractivity (Wildman–Crippen MR) is 121 cm³/mol. The van der Waals surface area contributed by atoms with Crippen molar-refractivity contribution in [3.63, 3.8) is 0 Å². The Balaban J connectivity index is 1.88. The average molecular weight is 420 g/mol. The lowest BCUT2D eigenvalue weighted by Crippen LogP contribution is -2.26. The maximum absolute atomic E-state index is 12.5. The van der Waals surface area contributed by atoms with Crippen LogP contribution < -0.4 is 0 Å². The molecule has 0 spiro atoms. The molecule has 0 atom stereocenters. The van der Waals surface area contributed by atoms with Crippen LogP contribution in [-0.4, -0.2) is 31.6 Å². The van der Waals surface area contributed by atoms with Crippen molar-refractivity contribution in [1.29, 1.82) is 0 Å². The third kappa shape index (κ3) is 5.26. The number of hydrogen-bond acceptors (Lipinski definition) is 4. The number of ketones is 1. The molecule has 0 bridgehead atoms. The van der Waals surface area contributed by atoms with Crippen molar-refractivity contribution < 1.29 is 14.7 Å². The number of carboxylic acids is 1. The minimum atomic E-state index is -0.946. The molecular formula is C25H29N3O3. The molecule has 0 radical (unpaired) electrons. The van der Waals surface area contributed by atoms with Crippen LogP contribution in [0.1, 0.15) is 79.3 Å². The molecule has 0 saturated heterocycles. The molecule has 0 saturated carbocycles. The van der Waals surface area contributed by atoms with Gasteiger partial charge < -0.3 is 5.11 Å². The van der Waals surface area contributed by atoms with Crippen LogP contribution in [0.5, 0.6) is 0 Å². The minimum Gasteiger partial charge on any atom is -0.478 e. The van der Waals surface area contributed by atoms with Crippen molar-refractivity contribution in [2.24, 2.45) is 0 Å². The van der Waals surface area contributed by atoms with Crippen molar-refractivity contribution in [2.75, 3.05) is 0 Å². The van der Waals surface area contributed by atoms with Crippen molar-refractivity contribution >= 4 is 11.8 Å². The summed E-state index contributed by atoms with van der Waals surface area (Å²) in [5.74, 6) is 0.0568. The van der Waals surface area contributed by atoms with Gasteiger partial charge in [-0.1, -0.05) is 55.8 Å². The van der Waals surface area contributed by atoms with Gasteiger partial charge in [-0.25, -0.2) is 14.5 Å². The zero-order valence-corrected chi connectivity index (χ0v) is 18.6. The van der Waals surface area contributed by atoms with E-state index < -0.39 is 5.97 Å². The summed E-state index contributed by atoms with van der Waals surface area (Å²) in [5, 5.41) is 14.0. The quantitative estimate of drug-likeness (QED) is 0.497. The number of carboxylic acid groups (broad SMARTS) is 1. The van der Waals surface area contributed by atoms with E-state index in [0.29, 0.717) is 18.4 Å². The van der Waals surface area contributed by atoms with E-state index in [2.05, 4.69) is 17.0 Å². The fourth-order valence-corrected chi connectivity index (χ4v) is 3.47. The third-order valence-electron chi connectivity index (χ3n) is 5.10. The molecule has 0 aliphatic rings. The Bertz CT molecular complexity index is 1080. The molecule has 6 nitrogen and oxygen atoms in total. The van der Waals surface area contributed by atoms with Crippen LogP contribution in [-0.2, 0) is 12.0 Å². The molecule has 0 aliphatic heterocycles. The largest absolute Gasteiger partial charge is 0.478 e. The topological polar surface area (TPSA) is 85.1 Å². The van der Waals surface area contributed by atoms with Crippen LogP contribution in [0.15, 0.2) is 48.5 Å². The van der Waals surface area contributed by atoms with Crippen LogP contribution in [0.4, 0.5) is 0 Å². The highest BCUT2D eigenvalue weighted by Gasteiger charge is 2.23. The average Bonchev–Trinajstić information content (AvgIpc) is 3.17. The molecule has 3 rings (SSSR count). The van der Waals surface area contributed by atoms with E-state index in [1.54, 1.807) is 12.1 Å². The molecule has 2 aromatic carbocycles. The normalized spacial score (nSPS) is 11.5. The van der Waals surface area contributed by atoms with Gasteiger partial charge in [0.25, 0.3) is 0 Å². The Labute approximate surface area is 183 Å². The molecule has 1 heterocycles. The molecule has 0 aliphatic carbocycles. The minimum absolute atomic E-state index is 0.0216. The van der Waals surface area contributed by atoms with Gasteiger partial charge in [-0.15, -0.1) is 5.10 Å². The highest BCUT2D eigenvalue weighted by Crippen LogP contribution is 2.25. The van der Waals surface area contributed by atoms with Crippen molar-refractivity contribution in [1.82, 2.24) is 14.8 Å². The number of aromatic nitrogens is 3. The summed E-state index contributed by atoms with van der Waals surface area (Å²) in [4.78, 5) is 28.5. The molecule has 0 amide bonds. The first kappa shape index (κ1) is 22.4. The first-order valence-corrected chi connectivity index (χ1v) is 10.6. The molecule has 1 aromatic heterocycles. The summed E-state index contributed by atoms with van der Waals surface area (Å²) in [7, 11) is 0. The molecule has 1 N–H and O–H groups in total. The summed E-state index contributed by atoms with van der Waals surface area (Å²) in [5.41, 5.74) is 2.52. The molecule has 0 fully saturated rings. The Morgan fingerprint density at radius 2 is 1.71 bits per heavy atom. The van der Waals surface area contributed by atoms with Gasteiger partial charge in [0.05, 0.1) is 11.1 Å². The number of benzene rings is 2. The summed E-state index contributed by atoms with van der Waals surface area (Å²) >= 11 is 0. The standard InChI is InChI=1S/C25H29N3O3/c1-5-6-11-21(29)23-26-22(28(27-23)25(2,3)4)16-17-12-14-18(15-13-17)19-9-7-8-10-20(19)24(30)31/h7-10,12-15H,5-6,11,16H2,1-4H3,(H,30,31). The Morgan fingerprint density at radius 1 is 1.03 bits per heavy atom. The first-order valence-electron chi connectivity index (χ1n) is 10.6. The maximum Gasteiger partial charge on any atom is 0.336 e. The smallest absolute Gasteiger partial charge is 0.336 e. The Kier molecular flexibility index (Phi) is 6.68. The molecule has 162 valence electrons. The van der Waals surface area contributed by atoms with Crippen molar-refractivity contribution in [2.45, 2.75) is 58.9 Å². The summed E-state index contributed by atoms with van der Waals surface area (Å²) in [6.07, 6.45) is 2.78. The SMILES string of the molecule is CCCCC(=O)c1nc(Cc2ccc(-c3ccccc3C(=O)O)cc2)n(C(C)(C)C)n1. The Morgan fingerprint density at radius 3 is 2.32 bits per heavy atom. The number of carbonyl (C=O) groups is 2. The predicted octanol–water partition coefficient (Wildman–Crippen LogP) is 5.36. The van der Waals surface area contributed by atoms with Gasteiger partial charge in [-0.2, -0.15) is 0 Å². The molecule has 31 heavy (non-hydrogen) atoms. The van der Waals surface area contributed by atoms with Crippen LogP contribution in [0.25, 0.3) is 11.1 Å². The van der Waals surface area contributed by atoms with E-state index in [1.165, 1.54) is 0 Å². The summed E-state index contributed by atoms with van der Waals surface area (Å²) in [6, 6.07) is 14.7. The van der Waals surface area contributed by atoms with Gasteiger partial charge in [0.2, 0.25) is 11.6 Å². The van der Waals surface area contributed by atoms with Gasteiger partial charge in [0.1, 0.15) is 5.82 Å². The number of nitrogens with zero attached hydrogens (tertiary/aromatic N) is 3. The monoisotopic (exact) mass is 419 g/mol. The van der Waals surface area contributed by atoms with Gasteiger partial charge in [0, 0.05) is 12.8 Å². The lowest BCUT2D eigenvalue weighted by atomic mass is 9.98. The fourth-order valence-electron chi connectivity index (χ4n) is 3.47. The van der Waals surface area contributed by atoms with E-state index in [-0.39, 0.29) is 22.7 Å². The number of Topliss-reactive ketones (excluding diaryl/α,β-unsaturated/α-hetero) is 1. The van der Waals surface area contributed by atoms with E-state index in [9.17, 15) is 14.7 Å². The lowest BCUT2D eigenvalue weighted by Gasteiger charge is -2.21. The van der Waals surface area contributed by atoms with Crippen LogP contribution in [0.2, 0.25) is 0 Å². The van der Waals surface area contributed by atoms with Gasteiger partial charge in [0.15, 0.2) is 0 Å². The number of carbonyl (C=O) groups excluding carboxylic acids is 1. The van der Waals surface area contributed by atoms with E-state index in [1.807, 2.05) is 61.9 Å². The fraction of sp³-hybridized carbons (Fsp3) is 0.360. The summed E-state index contributed by atoms with van der Waals surface area (Å²) < 4.78 is 1.83. The second-order valence-corrected chi connectivity index (χ2v) is 8.69. The van der Waals surface area contributed by atoms with Crippen LogP contribution in [0, 0.1) is 0 Å². The van der Waals surface area contributed by atoms with Crippen molar-refractivity contribution in [3.8, 4) is 11.1 Å². The number of aromatic carboxylic acids is 1. The van der Waals surface area contributed by atoms with Gasteiger partial charge in [-0.05, 0) is 49.9 Å². The Hall–Kier alpha value is -3.28. The third-order valence-corrected chi connectivity index (χ3v) is 5.10. The number of hydrogen-bond donors (Lipinski definition) is 1. The first-order chi connectivity index (χ1) is 14.7. The highest BCUT2D eigenvalue weighted by molar-refractivity contribution is 5.96. The molecular weight excluding hydrogens is 390 g/mol. The zero-order valence-electron chi connectivity index (χ0n) is 18.6. The molecule has 3 aromatic rings. The van der Waals surface area contributed by atoms with Gasteiger partial charge >= 0.3 is 5.97 Å². The van der Waals surface area contributed by atoms with Crippen molar-refractivity contribution in [3.05, 3.63) is 71.3 Å². The van der Waals surface area contributed by atoms with E-state index in [0.717, 1.165) is 29.8 Å². The second kappa shape index (κ2) is 9.25.